The van der Waals surface area contributed by atoms with E-state index in [1.165, 1.54) is 5.56 Å². The number of aromatic nitrogens is 1. The summed E-state index contributed by atoms with van der Waals surface area (Å²) in [6, 6.07) is 1.90. The lowest BCUT2D eigenvalue weighted by Crippen LogP contribution is -2.47. The second-order valence-corrected chi connectivity index (χ2v) is 8.48. The van der Waals surface area contributed by atoms with Gasteiger partial charge in [-0.3, -0.25) is 20.6 Å². The number of rotatable bonds is 3. The van der Waals surface area contributed by atoms with Gasteiger partial charge in [0.2, 0.25) is 0 Å². The summed E-state index contributed by atoms with van der Waals surface area (Å²) in [7, 11) is 2.08. The van der Waals surface area contributed by atoms with Crippen LogP contribution in [0.4, 0.5) is 0 Å². The number of nitrogens with one attached hydrogen (secondary N) is 3. The van der Waals surface area contributed by atoms with Gasteiger partial charge in [0.15, 0.2) is 0 Å². The zero-order valence-corrected chi connectivity index (χ0v) is 17.1. The van der Waals surface area contributed by atoms with E-state index in [1.54, 1.807) is 4.90 Å². The fraction of sp³-hybridized carbons (Fsp3) is 0.455. The van der Waals surface area contributed by atoms with E-state index < -0.39 is 5.54 Å². The van der Waals surface area contributed by atoms with E-state index in [2.05, 4.69) is 22.2 Å². The fourth-order valence-electron chi connectivity index (χ4n) is 4.26. The molecule has 1 aromatic heterocycles. The summed E-state index contributed by atoms with van der Waals surface area (Å²) < 4.78 is 0. The van der Waals surface area contributed by atoms with Gasteiger partial charge in [-0.1, -0.05) is 18.2 Å². The number of carbonyl (C=O) groups excluding carboxylic acids is 1. The molecule has 4 rings (SSSR count). The minimum absolute atomic E-state index is 0.199. The molecule has 1 unspecified atom stereocenters. The van der Waals surface area contributed by atoms with Crippen LogP contribution in [0.3, 0.4) is 0 Å². The molecule has 1 amide bonds. The van der Waals surface area contributed by atoms with Crippen LogP contribution in [0.5, 0.6) is 0 Å². The predicted octanol–water partition coefficient (Wildman–Crippen LogP) is 2.49. The average molecular weight is 393 g/mol. The Hall–Kier alpha value is -2.80. The molecule has 0 spiro atoms. The molecular formula is C22H28N6O. The first kappa shape index (κ1) is 19.5. The third-order valence-corrected chi connectivity index (χ3v) is 5.93. The summed E-state index contributed by atoms with van der Waals surface area (Å²) in [5, 5.41) is 19.6. The Morgan fingerprint density at radius 2 is 2.10 bits per heavy atom. The van der Waals surface area contributed by atoms with Gasteiger partial charge in [-0.15, -0.1) is 0 Å². The van der Waals surface area contributed by atoms with Gasteiger partial charge in [-0.25, -0.2) is 0 Å². The zero-order chi connectivity index (χ0) is 20.6. The Morgan fingerprint density at radius 3 is 2.86 bits per heavy atom. The number of fused-ring (bicyclic) bond motifs is 1. The van der Waals surface area contributed by atoms with Crippen LogP contribution in [0.25, 0.3) is 0 Å². The standard InChI is InChI=1S/C22H28N6O/c1-22(8-3-5-15(12-22)20(24)28-9-4-6-19(28)23)26-21(29)18-11-17-14-27(2)10-7-16(17)13-25-18/h3,5,8,11,13,23-24H,4,6-7,9-10,12,14H2,1-2H3,(H,26,29). The molecule has 7 heteroatoms. The molecule has 0 radical (unpaired) electrons. The Labute approximate surface area is 171 Å². The number of hydrogen-bond acceptors (Lipinski definition) is 5. The zero-order valence-electron chi connectivity index (χ0n) is 17.1. The largest absolute Gasteiger partial charge is 0.342 e. The molecule has 29 heavy (non-hydrogen) atoms. The van der Waals surface area contributed by atoms with Crippen LogP contribution in [0.15, 0.2) is 36.1 Å². The maximum Gasteiger partial charge on any atom is 0.270 e. The highest BCUT2D eigenvalue weighted by molar-refractivity contribution is 6.08. The van der Waals surface area contributed by atoms with Gasteiger partial charge in [0.1, 0.15) is 17.4 Å². The normalized spacial score (nSPS) is 24.3. The van der Waals surface area contributed by atoms with Gasteiger partial charge in [0, 0.05) is 38.7 Å². The smallest absolute Gasteiger partial charge is 0.270 e. The highest BCUT2D eigenvalue weighted by Gasteiger charge is 2.32. The van der Waals surface area contributed by atoms with Crippen LogP contribution in [-0.4, -0.2) is 58.0 Å². The maximum absolute atomic E-state index is 12.9. The van der Waals surface area contributed by atoms with Crippen LogP contribution in [0.2, 0.25) is 0 Å². The summed E-state index contributed by atoms with van der Waals surface area (Å²) in [6.45, 7) is 4.53. The maximum atomic E-state index is 12.9. The van der Waals surface area contributed by atoms with Crippen molar-refractivity contribution < 1.29 is 4.79 Å². The molecule has 2 aliphatic heterocycles. The Morgan fingerprint density at radius 1 is 1.28 bits per heavy atom. The SMILES string of the molecule is CN1CCc2cnc(C(=O)NC3(C)C=CC=C(C(=N)N4CCCC4=N)C3)cc2C1. The number of amides is 1. The lowest BCUT2D eigenvalue weighted by atomic mass is 9.87. The number of amidine groups is 2. The second-order valence-electron chi connectivity index (χ2n) is 8.48. The summed E-state index contributed by atoms with van der Waals surface area (Å²) in [5.74, 6) is 0.668. The third-order valence-electron chi connectivity index (χ3n) is 5.93. The van der Waals surface area contributed by atoms with Crippen molar-refractivity contribution in [1.82, 2.24) is 20.1 Å². The molecule has 3 aliphatic rings. The van der Waals surface area contributed by atoms with E-state index in [4.69, 9.17) is 10.8 Å². The molecule has 1 aromatic rings. The molecule has 1 saturated heterocycles. The number of likely N-dealkylation sites (N-methyl/N-ethyl adjacent to an activating group) is 1. The van der Waals surface area contributed by atoms with Gasteiger partial charge in [0.25, 0.3) is 5.91 Å². The second kappa shape index (κ2) is 7.55. The Bertz CT molecular complexity index is 933. The molecule has 1 fully saturated rings. The summed E-state index contributed by atoms with van der Waals surface area (Å²) in [5.41, 5.74) is 3.06. The van der Waals surface area contributed by atoms with Crippen molar-refractivity contribution in [2.75, 3.05) is 20.1 Å². The van der Waals surface area contributed by atoms with Crippen LogP contribution in [-0.2, 0) is 13.0 Å². The first-order chi connectivity index (χ1) is 13.8. The molecule has 3 N–H and O–H groups in total. The number of carbonyl (C=O) groups is 1. The summed E-state index contributed by atoms with van der Waals surface area (Å²) >= 11 is 0. The molecule has 1 atom stereocenters. The highest BCUT2D eigenvalue weighted by atomic mass is 16.2. The number of hydrogen-bond donors (Lipinski definition) is 3. The van der Waals surface area contributed by atoms with Gasteiger partial charge in [0.05, 0.1) is 5.54 Å². The first-order valence-electron chi connectivity index (χ1n) is 10.2. The topological polar surface area (TPSA) is 96.2 Å². The monoisotopic (exact) mass is 392 g/mol. The number of nitrogens with zero attached hydrogens (tertiary/aromatic N) is 3. The molecule has 7 nitrogen and oxygen atoms in total. The van der Waals surface area contributed by atoms with Gasteiger partial charge < -0.3 is 15.1 Å². The third kappa shape index (κ3) is 4.00. The lowest BCUT2D eigenvalue weighted by Gasteiger charge is -2.33. The van der Waals surface area contributed by atoms with Crippen molar-refractivity contribution in [1.29, 1.82) is 10.8 Å². The van der Waals surface area contributed by atoms with E-state index in [-0.39, 0.29) is 5.91 Å². The Kier molecular flexibility index (Phi) is 5.08. The number of allylic oxidation sites excluding steroid dienone is 2. The van der Waals surface area contributed by atoms with Crippen molar-refractivity contribution in [3.8, 4) is 0 Å². The predicted molar refractivity (Wildman–Crippen MR) is 113 cm³/mol. The van der Waals surface area contributed by atoms with Gasteiger partial charge >= 0.3 is 0 Å². The van der Waals surface area contributed by atoms with Crippen LogP contribution < -0.4 is 5.32 Å². The van der Waals surface area contributed by atoms with Crippen LogP contribution >= 0.6 is 0 Å². The molecule has 0 saturated carbocycles. The van der Waals surface area contributed by atoms with Gasteiger partial charge in [-0.2, -0.15) is 0 Å². The molecular weight excluding hydrogens is 364 g/mol. The molecule has 152 valence electrons. The molecule has 0 bridgehead atoms. The number of pyridine rings is 1. The molecule has 3 heterocycles. The summed E-state index contributed by atoms with van der Waals surface area (Å²) in [6.07, 6.45) is 10.7. The minimum Gasteiger partial charge on any atom is -0.342 e. The average Bonchev–Trinajstić information content (AvgIpc) is 3.12. The van der Waals surface area contributed by atoms with Crippen molar-refractivity contribution in [3.63, 3.8) is 0 Å². The van der Waals surface area contributed by atoms with Crippen LogP contribution in [0.1, 0.15) is 47.8 Å². The van der Waals surface area contributed by atoms with Crippen molar-refractivity contribution in [2.24, 2.45) is 0 Å². The van der Waals surface area contributed by atoms with Crippen molar-refractivity contribution in [2.45, 2.75) is 44.7 Å². The first-order valence-corrected chi connectivity index (χ1v) is 10.2. The summed E-state index contributed by atoms with van der Waals surface area (Å²) in [4.78, 5) is 21.3. The van der Waals surface area contributed by atoms with E-state index in [0.29, 0.717) is 23.8 Å². The fourth-order valence-corrected chi connectivity index (χ4v) is 4.26. The lowest BCUT2D eigenvalue weighted by molar-refractivity contribution is 0.0916. The van der Waals surface area contributed by atoms with E-state index >= 15 is 0 Å². The number of likely N-dealkylation sites (tertiary alicyclic amines) is 1. The Balaban J connectivity index is 1.46. The van der Waals surface area contributed by atoms with E-state index in [0.717, 1.165) is 50.0 Å². The van der Waals surface area contributed by atoms with Crippen LogP contribution in [0, 0.1) is 10.8 Å². The quantitative estimate of drug-likeness (QED) is 0.544. The van der Waals surface area contributed by atoms with Crippen molar-refractivity contribution in [3.05, 3.63) is 52.9 Å². The van der Waals surface area contributed by atoms with Crippen molar-refractivity contribution >= 4 is 17.6 Å². The molecule has 1 aliphatic carbocycles. The molecule has 0 aromatic carbocycles. The van der Waals surface area contributed by atoms with E-state index in [9.17, 15) is 4.79 Å². The van der Waals surface area contributed by atoms with Gasteiger partial charge in [-0.05, 0) is 49.6 Å². The minimum atomic E-state index is -0.593. The van der Waals surface area contributed by atoms with E-state index in [1.807, 2.05) is 37.4 Å². The highest BCUT2D eigenvalue weighted by Crippen LogP contribution is 2.27.